The SMILES string of the molecule is CC(C)C(=O)N1CCCC[C@@H]1c1nc2c(c(=O)[nH]1)CN(C(=O)C1CCCC1)CC2. The Hall–Kier alpha value is -2.18. The van der Waals surface area contributed by atoms with Gasteiger partial charge in [0, 0.05) is 31.3 Å². The summed E-state index contributed by atoms with van der Waals surface area (Å²) in [5.41, 5.74) is 1.25. The Labute approximate surface area is 171 Å². The molecule has 4 rings (SSSR count). The molecule has 1 atom stereocenters. The van der Waals surface area contributed by atoms with Gasteiger partial charge < -0.3 is 14.8 Å². The molecule has 3 aliphatic rings. The fourth-order valence-electron chi connectivity index (χ4n) is 5.03. The van der Waals surface area contributed by atoms with Crippen LogP contribution in [0, 0.1) is 11.8 Å². The summed E-state index contributed by atoms with van der Waals surface area (Å²) in [6.07, 6.45) is 7.63. The van der Waals surface area contributed by atoms with Gasteiger partial charge in [-0.2, -0.15) is 0 Å². The van der Waals surface area contributed by atoms with Gasteiger partial charge in [-0.1, -0.05) is 26.7 Å². The molecule has 0 unspecified atom stereocenters. The standard InChI is InChI=1S/C22H32N4O3/c1-14(2)21(28)26-11-6-5-9-18(26)19-23-17-10-12-25(13-16(17)20(27)24-19)22(29)15-7-3-4-8-15/h14-15,18H,3-13H2,1-2H3,(H,23,24,27)/t18-/m1/s1. The molecule has 2 fully saturated rings. The molecule has 0 radical (unpaired) electrons. The van der Waals surface area contributed by atoms with Crippen LogP contribution in [0.1, 0.15) is 81.9 Å². The summed E-state index contributed by atoms with van der Waals surface area (Å²) in [4.78, 5) is 49.8. The number of carbonyl (C=O) groups is 2. The molecule has 29 heavy (non-hydrogen) atoms. The van der Waals surface area contributed by atoms with Gasteiger partial charge in [0.2, 0.25) is 11.8 Å². The monoisotopic (exact) mass is 400 g/mol. The topological polar surface area (TPSA) is 86.4 Å². The van der Waals surface area contributed by atoms with E-state index >= 15 is 0 Å². The van der Waals surface area contributed by atoms with Gasteiger partial charge in [-0.05, 0) is 32.1 Å². The van der Waals surface area contributed by atoms with Gasteiger partial charge in [0.1, 0.15) is 5.82 Å². The van der Waals surface area contributed by atoms with E-state index in [9.17, 15) is 14.4 Å². The Morgan fingerprint density at radius 3 is 2.52 bits per heavy atom. The van der Waals surface area contributed by atoms with E-state index in [4.69, 9.17) is 4.98 Å². The van der Waals surface area contributed by atoms with Crippen LogP contribution in [0.15, 0.2) is 4.79 Å². The number of hydrogen-bond acceptors (Lipinski definition) is 4. The van der Waals surface area contributed by atoms with Crippen LogP contribution < -0.4 is 5.56 Å². The van der Waals surface area contributed by atoms with Gasteiger partial charge in [0.05, 0.1) is 23.8 Å². The van der Waals surface area contributed by atoms with Gasteiger partial charge in [-0.25, -0.2) is 4.98 Å². The van der Waals surface area contributed by atoms with Crippen molar-refractivity contribution < 1.29 is 9.59 Å². The molecule has 1 saturated heterocycles. The van der Waals surface area contributed by atoms with Gasteiger partial charge in [0.25, 0.3) is 5.56 Å². The van der Waals surface area contributed by atoms with E-state index in [0.29, 0.717) is 37.4 Å². The van der Waals surface area contributed by atoms with Crippen molar-refractivity contribution in [3.05, 3.63) is 27.4 Å². The van der Waals surface area contributed by atoms with Crippen LogP contribution in [-0.4, -0.2) is 44.7 Å². The smallest absolute Gasteiger partial charge is 0.256 e. The maximum atomic E-state index is 12.9. The van der Waals surface area contributed by atoms with Crippen molar-refractivity contribution in [2.75, 3.05) is 13.1 Å². The summed E-state index contributed by atoms with van der Waals surface area (Å²) < 4.78 is 0. The zero-order valence-corrected chi connectivity index (χ0v) is 17.6. The first-order chi connectivity index (χ1) is 14.0. The number of rotatable bonds is 3. The van der Waals surface area contributed by atoms with Crippen LogP contribution in [0.4, 0.5) is 0 Å². The van der Waals surface area contributed by atoms with Crippen LogP contribution in [0.25, 0.3) is 0 Å². The molecule has 0 spiro atoms. The fourth-order valence-corrected chi connectivity index (χ4v) is 5.03. The van der Waals surface area contributed by atoms with E-state index < -0.39 is 0 Å². The van der Waals surface area contributed by atoms with Gasteiger partial charge >= 0.3 is 0 Å². The second-order valence-corrected chi connectivity index (χ2v) is 9.07. The molecule has 1 N–H and O–H groups in total. The second kappa shape index (κ2) is 8.28. The largest absolute Gasteiger partial charge is 0.337 e. The molecule has 3 heterocycles. The van der Waals surface area contributed by atoms with E-state index in [1.807, 2.05) is 23.6 Å². The van der Waals surface area contributed by atoms with Gasteiger partial charge in [-0.15, -0.1) is 0 Å². The van der Waals surface area contributed by atoms with E-state index in [2.05, 4.69) is 4.98 Å². The van der Waals surface area contributed by atoms with Crippen molar-refractivity contribution in [1.29, 1.82) is 0 Å². The van der Waals surface area contributed by atoms with Crippen molar-refractivity contribution in [3.8, 4) is 0 Å². The number of fused-ring (bicyclic) bond motifs is 1. The minimum absolute atomic E-state index is 0.0740. The first-order valence-corrected chi connectivity index (χ1v) is 11.2. The minimum Gasteiger partial charge on any atom is -0.337 e. The van der Waals surface area contributed by atoms with Crippen molar-refractivity contribution in [1.82, 2.24) is 19.8 Å². The summed E-state index contributed by atoms with van der Waals surface area (Å²) in [5, 5.41) is 0. The predicted molar refractivity (Wildman–Crippen MR) is 109 cm³/mol. The number of hydrogen-bond donors (Lipinski definition) is 1. The summed E-state index contributed by atoms with van der Waals surface area (Å²) in [6, 6.07) is -0.158. The summed E-state index contributed by atoms with van der Waals surface area (Å²) in [5.74, 6) is 0.967. The Morgan fingerprint density at radius 2 is 1.79 bits per heavy atom. The van der Waals surface area contributed by atoms with Gasteiger partial charge in [-0.3, -0.25) is 14.4 Å². The van der Waals surface area contributed by atoms with Crippen molar-refractivity contribution >= 4 is 11.8 Å². The molecule has 7 nitrogen and oxygen atoms in total. The maximum Gasteiger partial charge on any atom is 0.256 e. The lowest BCUT2D eigenvalue weighted by Gasteiger charge is -2.37. The Morgan fingerprint density at radius 1 is 1.07 bits per heavy atom. The lowest BCUT2D eigenvalue weighted by atomic mass is 9.98. The zero-order valence-electron chi connectivity index (χ0n) is 17.6. The Balaban J connectivity index is 1.56. The third-order valence-electron chi connectivity index (χ3n) is 6.70. The third-order valence-corrected chi connectivity index (χ3v) is 6.70. The number of aromatic nitrogens is 2. The highest BCUT2D eigenvalue weighted by atomic mass is 16.2. The summed E-state index contributed by atoms with van der Waals surface area (Å²) in [6.45, 7) is 5.51. The van der Waals surface area contributed by atoms with Crippen LogP contribution in [0.3, 0.4) is 0 Å². The molecule has 0 bridgehead atoms. The fraction of sp³-hybridized carbons (Fsp3) is 0.727. The first kappa shape index (κ1) is 20.1. The molecule has 7 heteroatoms. The van der Waals surface area contributed by atoms with E-state index in [1.54, 1.807) is 0 Å². The number of piperidine rings is 1. The summed E-state index contributed by atoms with van der Waals surface area (Å²) >= 11 is 0. The molecule has 2 amide bonds. The second-order valence-electron chi connectivity index (χ2n) is 9.07. The molecule has 1 aliphatic carbocycles. The quantitative estimate of drug-likeness (QED) is 0.845. The van der Waals surface area contributed by atoms with Crippen LogP contribution >= 0.6 is 0 Å². The minimum atomic E-state index is -0.158. The van der Waals surface area contributed by atoms with Crippen LogP contribution in [-0.2, 0) is 22.6 Å². The number of nitrogens with zero attached hydrogens (tertiary/aromatic N) is 3. The number of H-pyrrole nitrogens is 1. The molecular weight excluding hydrogens is 368 g/mol. The van der Waals surface area contributed by atoms with Gasteiger partial charge in [0.15, 0.2) is 0 Å². The number of likely N-dealkylation sites (tertiary alicyclic amines) is 1. The first-order valence-electron chi connectivity index (χ1n) is 11.2. The molecule has 2 aliphatic heterocycles. The molecule has 0 aromatic carbocycles. The highest BCUT2D eigenvalue weighted by molar-refractivity contribution is 5.79. The number of carbonyl (C=O) groups excluding carboxylic acids is 2. The van der Waals surface area contributed by atoms with Crippen LogP contribution in [0.2, 0.25) is 0 Å². The Kier molecular flexibility index (Phi) is 5.74. The normalized spacial score (nSPS) is 22.8. The Bertz CT molecular complexity index is 841. The molecule has 158 valence electrons. The number of amides is 2. The molecule has 1 aromatic heterocycles. The third kappa shape index (κ3) is 3.96. The van der Waals surface area contributed by atoms with Crippen molar-refractivity contribution in [2.24, 2.45) is 11.8 Å². The highest BCUT2D eigenvalue weighted by Crippen LogP contribution is 2.31. The van der Waals surface area contributed by atoms with E-state index in [-0.39, 0.29) is 35.3 Å². The maximum absolute atomic E-state index is 12.9. The molecule has 1 aromatic rings. The average Bonchev–Trinajstić information content (AvgIpc) is 3.27. The number of aromatic amines is 1. The zero-order chi connectivity index (χ0) is 20.5. The average molecular weight is 401 g/mol. The van der Waals surface area contributed by atoms with E-state index in [0.717, 1.165) is 50.6 Å². The predicted octanol–water partition coefficient (Wildman–Crippen LogP) is 2.55. The van der Waals surface area contributed by atoms with Crippen LogP contribution in [0.5, 0.6) is 0 Å². The van der Waals surface area contributed by atoms with E-state index in [1.165, 1.54) is 0 Å². The highest BCUT2D eigenvalue weighted by Gasteiger charge is 2.34. The molecular formula is C22H32N4O3. The lowest BCUT2D eigenvalue weighted by molar-refractivity contribution is -0.139. The molecule has 1 saturated carbocycles. The lowest BCUT2D eigenvalue weighted by Crippen LogP contribution is -2.44. The van der Waals surface area contributed by atoms with Crippen molar-refractivity contribution in [2.45, 2.75) is 77.8 Å². The van der Waals surface area contributed by atoms with Crippen molar-refractivity contribution in [3.63, 3.8) is 0 Å². The number of nitrogens with one attached hydrogen (secondary N) is 1. The summed E-state index contributed by atoms with van der Waals surface area (Å²) in [7, 11) is 0.